The molecule has 0 bridgehead atoms. The first-order valence-corrected chi connectivity index (χ1v) is 7.98. The lowest BCUT2D eigenvalue weighted by Crippen LogP contribution is -2.09. The van der Waals surface area contributed by atoms with E-state index in [9.17, 15) is 8.78 Å². The average molecular weight is 343 g/mol. The number of nitrogens with one attached hydrogen (secondary N) is 1. The molecule has 0 saturated carbocycles. The number of nitrogens with zero attached hydrogens (tertiary/aromatic N) is 2. The van der Waals surface area contributed by atoms with Gasteiger partial charge in [-0.2, -0.15) is 0 Å². The van der Waals surface area contributed by atoms with E-state index in [1.54, 1.807) is 7.11 Å². The van der Waals surface area contributed by atoms with Gasteiger partial charge in [0.05, 0.1) is 12.5 Å². The van der Waals surface area contributed by atoms with Crippen molar-refractivity contribution in [2.24, 2.45) is 0 Å². The van der Waals surface area contributed by atoms with E-state index < -0.39 is 11.6 Å². The summed E-state index contributed by atoms with van der Waals surface area (Å²) in [4.78, 5) is 7.89. The Hall–Kier alpha value is -2.76. The molecule has 1 aromatic heterocycles. The van der Waals surface area contributed by atoms with Gasteiger partial charge >= 0.3 is 0 Å². The number of hydrogen-bond donors (Lipinski definition) is 1. The SMILES string of the molecule is COc1cc(C)c(CCNc2ncnc3c(F)ccc(F)c23)cc1C. The summed E-state index contributed by atoms with van der Waals surface area (Å²) >= 11 is 0. The summed E-state index contributed by atoms with van der Waals surface area (Å²) in [5.41, 5.74) is 3.32. The fourth-order valence-corrected chi connectivity index (χ4v) is 2.89. The zero-order valence-electron chi connectivity index (χ0n) is 14.4. The van der Waals surface area contributed by atoms with E-state index in [2.05, 4.69) is 21.4 Å². The summed E-state index contributed by atoms with van der Waals surface area (Å²) in [6.45, 7) is 4.55. The zero-order valence-corrected chi connectivity index (χ0v) is 14.4. The van der Waals surface area contributed by atoms with Crippen LogP contribution in [0.3, 0.4) is 0 Å². The van der Waals surface area contributed by atoms with E-state index in [1.165, 1.54) is 6.33 Å². The zero-order chi connectivity index (χ0) is 18.0. The maximum atomic E-state index is 14.1. The van der Waals surface area contributed by atoms with Crippen molar-refractivity contribution >= 4 is 16.7 Å². The molecule has 1 heterocycles. The fourth-order valence-electron chi connectivity index (χ4n) is 2.89. The topological polar surface area (TPSA) is 47.0 Å². The Kier molecular flexibility index (Phi) is 4.79. The Labute approximate surface area is 144 Å². The number of rotatable bonds is 5. The second kappa shape index (κ2) is 7.01. The lowest BCUT2D eigenvalue weighted by atomic mass is 10.0. The number of aryl methyl sites for hydroxylation is 2. The second-order valence-corrected chi connectivity index (χ2v) is 5.90. The van der Waals surface area contributed by atoms with E-state index in [0.29, 0.717) is 12.4 Å². The molecule has 6 heteroatoms. The van der Waals surface area contributed by atoms with Gasteiger partial charge in [0.25, 0.3) is 0 Å². The molecule has 3 aromatic rings. The molecule has 25 heavy (non-hydrogen) atoms. The standard InChI is InChI=1S/C19H19F2N3O/c1-11-9-16(25-3)12(2)8-13(11)6-7-22-19-17-14(20)4-5-15(21)18(17)23-10-24-19/h4-5,8-10H,6-7H2,1-3H3,(H,22,23,24). The van der Waals surface area contributed by atoms with E-state index in [-0.39, 0.29) is 10.9 Å². The van der Waals surface area contributed by atoms with Gasteiger partial charge in [-0.15, -0.1) is 0 Å². The quantitative estimate of drug-likeness (QED) is 0.755. The second-order valence-electron chi connectivity index (χ2n) is 5.90. The molecule has 1 N–H and O–H groups in total. The van der Waals surface area contributed by atoms with Crippen LogP contribution in [0.5, 0.6) is 5.75 Å². The van der Waals surface area contributed by atoms with Crippen LogP contribution in [0.2, 0.25) is 0 Å². The summed E-state index contributed by atoms with van der Waals surface area (Å²) in [6.07, 6.45) is 1.95. The summed E-state index contributed by atoms with van der Waals surface area (Å²) in [5.74, 6) is 0.0397. The van der Waals surface area contributed by atoms with E-state index in [0.717, 1.165) is 41.0 Å². The Balaban J connectivity index is 1.80. The third-order valence-electron chi connectivity index (χ3n) is 4.23. The molecule has 0 atom stereocenters. The van der Waals surface area contributed by atoms with Crippen LogP contribution < -0.4 is 10.1 Å². The molecule has 130 valence electrons. The van der Waals surface area contributed by atoms with Crippen molar-refractivity contribution in [2.45, 2.75) is 20.3 Å². The van der Waals surface area contributed by atoms with Crippen molar-refractivity contribution in [1.82, 2.24) is 9.97 Å². The molecule has 0 radical (unpaired) electrons. The Morgan fingerprint density at radius 1 is 1.04 bits per heavy atom. The summed E-state index contributed by atoms with van der Waals surface area (Å²) in [7, 11) is 1.65. The highest BCUT2D eigenvalue weighted by atomic mass is 19.1. The van der Waals surface area contributed by atoms with Crippen LogP contribution in [0.4, 0.5) is 14.6 Å². The van der Waals surface area contributed by atoms with E-state index >= 15 is 0 Å². The van der Waals surface area contributed by atoms with Gasteiger partial charge in [0.15, 0.2) is 0 Å². The monoisotopic (exact) mass is 343 g/mol. The van der Waals surface area contributed by atoms with Crippen LogP contribution in [-0.4, -0.2) is 23.6 Å². The maximum Gasteiger partial charge on any atom is 0.149 e. The predicted octanol–water partition coefficient (Wildman–Crippen LogP) is 4.19. The van der Waals surface area contributed by atoms with Crippen molar-refractivity contribution in [3.8, 4) is 5.75 Å². The van der Waals surface area contributed by atoms with Gasteiger partial charge in [-0.1, -0.05) is 6.07 Å². The van der Waals surface area contributed by atoms with Crippen LogP contribution >= 0.6 is 0 Å². The molecular weight excluding hydrogens is 324 g/mol. The summed E-state index contributed by atoms with van der Waals surface area (Å²) in [6, 6.07) is 6.23. The molecule has 2 aromatic carbocycles. The molecule has 0 aliphatic carbocycles. The molecular formula is C19H19F2N3O. The predicted molar refractivity (Wildman–Crippen MR) is 94.1 cm³/mol. The number of aromatic nitrogens is 2. The first-order chi connectivity index (χ1) is 12.0. The van der Waals surface area contributed by atoms with Gasteiger partial charge < -0.3 is 10.1 Å². The minimum atomic E-state index is -0.566. The number of anilines is 1. The maximum absolute atomic E-state index is 14.1. The molecule has 0 spiro atoms. The Morgan fingerprint density at radius 3 is 2.56 bits per heavy atom. The number of hydrogen-bond acceptors (Lipinski definition) is 4. The first kappa shape index (κ1) is 17.1. The van der Waals surface area contributed by atoms with Crippen LogP contribution in [0.15, 0.2) is 30.6 Å². The largest absolute Gasteiger partial charge is 0.496 e. The molecule has 0 aliphatic heterocycles. The minimum Gasteiger partial charge on any atom is -0.496 e. The third-order valence-corrected chi connectivity index (χ3v) is 4.23. The third kappa shape index (κ3) is 3.38. The number of methoxy groups -OCH3 is 1. The molecule has 4 nitrogen and oxygen atoms in total. The van der Waals surface area contributed by atoms with Crippen molar-refractivity contribution in [1.29, 1.82) is 0 Å². The van der Waals surface area contributed by atoms with Crippen molar-refractivity contribution < 1.29 is 13.5 Å². The fraction of sp³-hybridized carbons (Fsp3) is 0.263. The van der Waals surface area contributed by atoms with Crippen LogP contribution in [0.25, 0.3) is 10.9 Å². The van der Waals surface area contributed by atoms with Gasteiger partial charge in [-0.05, 0) is 55.2 Å². The van der Waals surface area contributed by atoms with Crippen molar-refractivity contribution in [3.05, 3.63) is 58.9 Å². The van der Waals surface area contributed by atoms with Crippen LogP contribution in [0, 0.1) is 25.5 Å². The molecule has 0 amide bonds. The normalized spacial score (nSPS) is 10.9. The number of halogens is 2. The Bertz CT molecular complexity index is 928. The lowest BCUT2D eigenvalue weighted by molar-refractivity contribution is 0.411. The number of ether oxygens (including phenoxy) is 1. The van der Waals surface area contributed by atoms with E-state index in [4.69, 9.17) is 4.74 Å². The van der Waals surface area contributed by atoms with Crippen molar-refractivity contribution in [2.75, 3.05) is 19.0 Å². The van der Waals surface area contributed by atoms with Gasteiger partial charge in [0.2, 0.25) is 0 Å². The first-order valence-electron chi connectivity index (χ1n) is 7.98. The van der Waals surface area contributed by atoms with Gasteiger partial charge in [-0.25, -0.2) is 18.7 Å². The molecule has 3 rings (SSSR count). The highest BCUT2D eigenvalue weighted by Gasteiger charge is 2.13. The van der Waals surface area contributed by atoms with E-state index in [1.807, 2.05) is 19.9 Å². The van der Waals surface area contributed by atoms with Gasteiger partial charge in [-0.3, -0.25) is 0 Å². The van der Waals surface area contributed by atoms with Crippen molar-refractivity contribution in [3.63, 3.8) is 0 Å². The molecule has 0 unspecified atom stereocenters. The van der Waals surface area contributed by atoms with Gasteiger partial charge in [0.1, 0.15) is 35.0 Å². The Morgan fingerprint density at radius 2 is 1.80 bits per heavy atom. The molecule has 0 aliphatic rings. The minimum absolute atomic E-state index is 0.0195. The molecule has 0 saturated heterocycles. The van der Waals surface area contributed by atoms with Crippen LogP contribution in [0.1, 0.15) is 16.7 Å². The number of fused-ring (bicyclic) bond motifs is 1. The summed E-state index contributed by atoms with van der Waals surface area (Å²) in [5, 5.41) is 3.16. The molecule has 0 fully saturated rings. The number of benzene rings is 2. The van der Waals surface area contributed by atoms with Gasteiger partial charge in [0, 0.05) is 6.54 Å². The average Bonchev–Trinajstić information content (AvgIpc) is 2.61. The lowest BCUT2D eigenvalue weighted by Gasteiger charge is -2.13. The highest BCUT2D eigenvalue weighted by Crippen LogP contribution is 2.25. The summed E-state index contributed by atoms with van der Waals surface area (Å²) < 4.78 is 33.2. The highest BCUT2D eigenvalue weighted by molar-refractivity contribution is 5.89. The van der Waals surface area contributed by atoms with Crippen LogP contribution in [-0.2, 0) is 6.42 Å². The smallest absolute Gasteiger partial charge is 0.149 e.